The molecule has 11 heteroatoms. The van der Waals surface area contributed by atoms with Gasteiger partial charge in [0.05, 0.1) is 32.7 Å². The van der Waals surface area contributed by atoms with Crippen LogP contribution in [-0.4, -0.2) is 61.8 Å². The zero-order chi connectivity index (χ0) is 24.5. The molecule has 1 fully saturated rings. The Kier molecular flexibility index (Phi) is 6.72. The molecule has 9 nitrogen and oxygen atoms in total. The van der Waals surface area contributed by atoms with Gasteiger partial charge in [-0.05, 0) is 44.9 Å². The number of anilines is 1. The van der Waals surface area contributed by atoms with Gasteiger partial charge in [0, 0.05) is 47.0 Å². The van der Waals surface area contributed by atoms with Crippen molar-refractivity contribution in [3.63, 3.8) is 0 Å². The van der Waals surface area contributed by atoms with Crippen LogP contribution in [-0.2, 0) is 7.05 Å². The van der Waals surface area contributed by atoms with Crippen LogP contribution in [0.15, 0.2) is 30.9 Å². The maximum Gasteiger partial charge on any atom is 0.261 e. The summed E-state index contributed by atoms with van der Waals surface area (Å²) in [4.78, 5) is 30.6. The van der Waals surface area contributed by atoms with E-state index in [1.165, 1.54) is 41.9 Å². The number of carbonyl (C=O) groups excluding carboxylic acids is 2. The Bertz CT molecular complexity index is 1380. The van der Waals surface area contributed by atoms with Crippen LogP contribution < -0.4 is 10.6 Å². The molecule has 0 spiro atoms. The molecular formula is C24H33N7O2S2. The lowest BCUT2D eigenvalue weighted by molar-refractivity contribution is 0.0941. The number of hydrogen-bond donors (Lipinski definition) is 2. The van der Waals surface area contributed by atoms with E-state index in [-0.39, 0.29) is 14.7 Å². The van der Waals surface area contributed by atoms with Crippen molar-refractivity contribution in [2.75, 3.05) is 25.0 Å². The summed E-state index contributed by atoms with van der Waals surface area (Å²) < 4.78 is 3.46. The fraction of sp³-hybridized carbons (Fsp3) is 0.417. The van der Waals surface area contributed by atoms with Crippen LogP contribution in [0.2, 0.25) is 0 Å². The average molecular weight is 516 g/mol. The number of carbonyl (C=O) groups is 2. The van der Waals surface area contributed by atoms with E-state index in [1.54, 1.807) is 21.6 Å². The van der Waals surface area contributed by atoms with Crippen molar-refractivity contribution < 1.29 is 12.4 Å². The van der Waals surface area contributed by atoms with E-state index in [4.69, 9.17) is 0 Å². The lowest BCUT2D eigenvalue weighted by atomic mass is 10.0. The molecule has 0 bridgehead atoms. The van der Waals surface area contributed by atoms with Crippen molar-refractivity contribution in [2.45, 2.75) is 39.2 Å². The summed E-state index contributed by atoms with van der Waals surface area (Å²) in [6.07, 6.45) is 10.9. The Labute approximate surface area is 214 Å². The molecule has 0 radical (unpaired) electrons. The van der Waals surface area contributed by atoms with Crippen molar-refractivity contribution in [3.8, 4) is 10.4 Å². The molecule has 1 unspecified atom stereocenters. The van der Waals surface area contributed by atoms with Gasteiger partial charge in [0.25, 0.3) is 11.8 Å². The molecule has 1 saturated heterocycles. The fourth-order valence-electron chi connectivity index (χ4n) is 4.40. The molecule has 2 N–H and O–H groups in total. The Hall–Kier alpha value is -3.02. The van der Waals surface area contributed by atoms with Crippen molar-refractivity contribution in [2.24, 2.45) is 7.05 Å². The van der Waals surface area contributed by atoms with Gasteiger partial charge in [-0.2, -0.15) is 10.2 Å². The largest absolute Gasteiger partial charge is 0.350 e. The quantitative estimate of drug-likeness (QED) is 0.377. The number of rotatable bonds is 7. The summed E-state index contributed by atoms with van der Waals surface area (Å²) in [6.45, 7) is 6.73. The van der Waals surface area contributed by atoms with Crippen molar-refractivity contribution in [1.29, 1.82) is 0 Å². The summed E-state index contributed by atoms with van der Waals surface area (Å²) in [7, 11) is 1.87. The molecule has 0 saturated carbocycles. The monoisotopic (exact) mass is 515 g/mol. The molecule has 4 aromatic rings. The third-order valence-electron chi connectivity index (χ3n) is 6.42. The summed E-state index contributed by atoms with van der Waals surface area (Å²) in [5, 5.41) is 15.2. The van der Waals surface area contributed by atoms with Crippen molar-refractivity contribution in [1.82, 2.24) is 29.6 Å². The van der Waals surface area contributed by atoms with Crippen molar-refractivity contribution >= 4 is 44.3 Å². The maximum absolute atomic E-state index is 13.1. The number of thiophene rings is 1. The zero-order valence-corrected chi connectivity index (χ0v) is 21.7. The molecule has 5 rings (SSSR count). The molecule has 1 aliphatic heterocycles. The number of amides is 2. The Balaban J connectivity index is 0.00000190. The van der Waals surface area contributed by atoms with Gasteiger partial charge in [0.1, 0.15) is 4.83 Å². The van der Waals surface area contributed by atoms with Crippen LogP contribution in [0.25, 0.3) is 15.3 Å². The summed E-state index contributed by atoms with van der Waals surface area (Å²) in [5.74, 6) is -0.342. The molecule has 2 amide bonds. The minimum atomic E-state index is -0.240. The van der Waals surface area contributed by atoms with E-state index in [9.17, 15) is 9.59 Å². The number of aromatic nitrogens is 4. The number of piperidine rings is 1. The molecule has 0 aliphatic carbocycles. The van der Waals surface area contributed by atoms with E-state index in [0.29, 0.717) is 28.0 Å². The average Bonchev–Trinajstić information content (AvgIpc) is 3.59. The first-order valence-corrected chi connectivity index (χ1v) is 13.4. The highest BCUT2D eigenvalue weighted by atomic mass is 32.1. The van der Waals surface area contributed by atoms with Crippen LogP contribution in [0, 0.1) is 6.92 Å². The van der Waals surface area contributed by atoms with Gasteiger partial charge in [-0.3, -0.25) is 19.2 Å². The van der Waals surface area contributed by atoms with Gasteiger partial charge < -0.3 is 10.6 Å². The highest BCUT2D eigenvalue weighted by Gasteiger charge is 2.21. The predicted octanol–water partition coefficient (Wildman–Crippen LogP) is 4.51. The summed E-state index contributed by atoms with van der Waals surface area (Å²) in [5.41, 5.74) is 2.34. The number of hydrogen-bond acceptors (Lipinski definition) is 7. The second-order valence-corrected chi connectivity index (χ2v) is 11.1. The first-order valence-electron chi connectivity index (χ1n) is 11.8. The molecular weight excluding hydrogens is 482 g/mol. The summed E-state index contributed by atoms with van der Waals surface area (Å²) >= 11 is 2.79. The van der Waals surface area contributed by atoms with E-state index in [0.717, 1.165) is 33.9 Å². The number of nitrogens with zero attached hydrogens (tertiary/aromatic N) is 5. The molecule has 188 valence electrons. The number of aryl methyl sites for hydroxylation is 2. The van der Waals surface area contributed by atoms with Gasteiger partial charge in [-0.25, -0.2) is 4.52 Å². The number of thiazole rings is 1. The van der Waals surface area contributed by atoms with E-state index >= 15 is 0 Å². The molecule has 4 aromatic heterocycles. The Morgan fingerprint density at radius 1 is 1.17 bits per heavy atom. The lowest BCUT2D eigenvalue weighted by Crippen LogP contribution is -2.42. The molecule has 5 heterocycles. The van der Waals surface area contributed by atoms with Gasteiger partial charge >= 0.3 is 0 Å². The Morgan fingerprint density at radius 3 is 2.80 bits per heavy atom. The van der Waals surface area contributed by atoms with Gasteiger partial charge in [0.15, 0.2) is 0 Å². The maximum atomic E-state index is 13.1. The van der Waals surface area contributed by atoms with Crippen LogP contribution in [0.5, 0.6) is 0 Å². The van der Waals surface area contributed by atoms with Gasteiger partial charge in [0.2, 0.25) is 0 Å². The SMILES string of the molecule is Cc1cc(C(=O)NCCN2CCCCC2C)sc1NC(=O)c1cnn2cc(-c3cnn(C)c3)sc12.[HH].[HH]. The number of fused-ring (bicyclic) bond motifs is 1. The number of likely N-dealkylation sites (tertiary alicyclic amines) is 1. The highest BCUT2D eigenvalue weighted by Crippen LogP contribution is 2.32. The third-order valence-corrected chi connectivity index (χ3v) is 8.74. The minimum absolute atomic E-state index is 0. The topological polar surface area (TPSA) is 96.6 Å². The molecule has 0 aromatic carbocycles. The van der Waals surface area contributed by atoms with Gasteiger partial charge in [-0.15, -0.1) is 22.7 Å². The summed E-state index contributed by atoms with van der Waals surface area (Å²) in [6, 6.07) is 2.41. The van der Waals surface area contributed by atoms with E-state index < -0.39 is 0 Å². The Morgan fingerprint density at radius 2 is 2.03 bits per heavy atom. The van der Waals surface area contributed by atoms with Gasteiger partial charge in [-0.1, -0.05) is 6.42 Å². The molecule has 35 heavy (non-hydrogen) atoms. The molecule has 1 aliphatic rings. The van der Waals surface area contributed by atoms with Crippen LogP contribution in [0.3, 0.4) is 0 Å². The highest BCUT2D eigenvalue weighted by molar-refractivity contribution is 7.21. The van der Waals surface area contributed by atoms with Crippen molar-refractivity contribution in [3.05, 3.63) is 46.9 Å². The standard InChI is InChI=1S/C24H29N7O2S2.2H2/c1-15-10-19(22(33)25-7-9-30-8-5-4-6-16(30)2)34-23(15)28-21(32)18-12-27-31-14-20(35-24(18)31)17-11-26-29(3)13-17;;/h10-14,16H,4-9H2,1-3H3,(H,25,33)(H,28,32);2*1H. The fourth-order valence-corrected chi connectivity index (χ4v) is 6.42. The van der Waals surface area contributed by atoms with Crippen LogP contribution in [0.4, 0.5) is 5.00 Å². The lowest BCUT2D eigenvalue weighted by Gasteiger charge is -2.33. The minimum Gasteiger partial charge on any atom is -0.350 e. The van der Waals surface area contributed by atoms with E-state index in [2.05, 4.69) is 32.7 Å². The first kappa shape index (κ1) is 23.7. The van der Waals surface area contributed by atoms with E-state index in [1.807, 2.05) is 32.4 Å². The number of nitrogens with one attached hydrogen (secondary N) is 2. The molecule has 1 atom stereocenters. The second-order valence-electron chi connectivity index (χ2n) is 9.02. The first-order chi connectivity index (χ1) is 16.9. The van der Waals surface area contributed by atoms with Crippen LogP contribution >= 0.6 is 22.7 Å². The smallest absolute Gasteiger partial charge is 0.261 e. The predicted molar refractivity (Wildman–Crippen MR) is 144 cm³/mol. The normalized spacial score (nSPS) is 16.6. The van der Waals surface area contributed by atoms with Crippen LogP contribution in [0.1, 0.15) is 54.6 Å². The third kappa shape index (κ3) is 5.02. The zero-order valence-electron chi connectivity index (χ0n) is 20.1. The second kappa shape index (κ2) is 9.92.